The highest BCUT2D eigenvalue weighted by molar-refractivity contribution is 5.68. The molecule has 0 spiro atoms. The summed E-state index contributed by atoms with van der Waals surface area (Å²) in [7, 11) is 0. The normalized spacial score (nSPS) is 15.4. The minimum atomic E-state index is -0.463. The Morgan fingerprint density at radius 3 is 2.59 bits per heavy atom. The van der Waals surface area contributed by atoms with Crippen LogP contribution in [-0.4, -0.2) is 16.7 Å². The molecule has 0 fully saturated rings. The smallest absolute Gasteiger partial charge is 0.425 e. The number of nitrogens with zero attached hydrogens (tertiary/aromatic N) is 1. The number of hydrogen-bond donors (Lipinski definition) is 1. The Hall–Kier alpha value is -1.55. The number of carbonyl (C=O) groups is 1. The summed E-state index contributed by atoms with van der Waals surface area (Å²) in [6.45, 7) is 6.80. The van der Waals surface area contributed by atoms with Crippen molar-refractivity contribution >= 4 is 6.09 Å². The van der Waals surface area contributed by atoms with Crippen molar-refractivity contribution in [1.82, 2.24) is 10.4 Å². The molecule has 0 saturated carbocycles. The number of hydrazine groups is 1. The van der Waals surface area contributed by atoms with Crippen LogP contribution in [0.5, 0.6) is 0 Å². The molecule has 92 valence electrons. The van der Waals surface area contributed by atoms with Crippen LogP contribution in [-0.2, 0) is 17.8 Å². The number of benzene rings is 1. The molecule has 4 heteroatoms. The average molecular weight is 234 g/mol. The summed E-state index contributed by atoms with van der Waals surface area (Å²) in [6.07, 6.45) is -0.327. The Morgan fingerprint density at radius 2 is 1.94 bits per heavy atom. The Morgan fingerprint density at radius 1 is 1.29 bits per heavy atom. The third-order valence-corrected chi connectivity index (χ3v) is 2.52. The third kappa shape index (κ3) is 2.97. The fraction of sp³-hybridized carbons (Fsp3) is 0.462. The Labute approximate surface area is 102 Å². The average Bonchev–Trinajstić information content (AvgIpc) is 2.26. The maximum atomic E-state index is 11.9. The highest BCUT2D eigenvalue weighted by Gasteiger charge is 2.25. The molecule has 0 bridgehead atoms. The van der Waals surface area contributed by atoms with Crippen LogP contribution >= 0.6 is 0 Å². The second-order valence-electron chi connectivity index (χ2n) is 5.17. The molecule has 0 atom stereocenters. The lowest BCUT2D eigenvalue weighted by atomic mass is 10.1. The first kappa shape index (κ1) is 11.9. The summed E-state index contributed by atoms with van der Waals surface area (Å²) >= 11 is 0. The summed E-state index contributed by atoms with van der Waals surface area (Å²) in [5.41, 5.74) is 4.99. The van der Waals surface area contributed by atoms with E-state index < -0.39 is 5.60 Å². The fourth-order valence-corrected chi connectivity index (χ4v) is 1.74. The quantitative estimate of drug-likeness (QED) is 0.749. The second-order valence-corrected chi connectivity index (χ2v) is 5.17. The molecule has 1 aromatic carbocycles. The van der Waals surface area contributed by atoms with Crippen LogP contribution < -0.4 is 5.43 Å². The van der Waals surface area contributed by atoms with E-state index in [0.29, 0.717) is 13.1 Å². The van der Waals surface area contributed by atoms with E-state index in [1.54, 1.807) is 0 Å². The molecule has 2 rings (SSSR count). The van der Waals surface area contributed by atoms with Gasteiger partial charge in [0, 0.05) is 6.54 Å². The van der Waals surface area contributed by atoms with E-state index in [4.69, 9.17) is 4.74 Å². The van der Waals surface area contributed by atoms with E-state index in [2.05, 4.69) is 11.5 Å². The van der Waals surface area contributed by atoms with Crippen molar-refractivity contribution in [2.75, 3.05) is 0 Å². The van der Waals surface area contributed by atoms with Crippen LogP contribution in [0.1, 0.15) is 31.9 Å². The van der Waals surface area contributed by atoms with Gasteiger partial charge in [-0.3, -0.25) is 0 Å². The molecule has 0 aliphatic carbocycles. The molecule has 0 aromatic heterocycles. The maximum Gasteiger partial charge on any atom is 0.425 e. The number of hydrogen-bond acceptors (Lipinski definition) is 3. The zero-order valence-electron chi connectivity index (χ0n) is 10.5. The minimum Gasteiger partial charge on any atom is -0.443 e. The molecular formula is C13H18N2O2. The molecular weight excluding hydrogens is 216 g/mol. The molecule has 0 unspecified atom stereocenters. The molecule has 4 nitrogen and oxygen atoms in total. The van der Waals surface area contributed by atoms with Crippen LogP contribution in [0.25, 0.3) is 0 Å². The van der Waals surface area contributed by atoms with Crippen molar-refractivity contribution < 1.29 is 9.53 Å². The molecule has 1 N–H and O–H groups in total. The van der Waals surface area contributed by atoms with Gasteiger partial charge in [0.15, 0.2) is 0 Å². The Bertz CT molecular complexity index is 424. The SMILES string of the molecule is CC(C)(C)OC(=O)N1Cc2ccccc2CN1. The van der Waals surface area contributed by atoms with Crippen LogP contribution in [0.4, 0.5) is 4.79 Å². The first-order valence-electron chi connectivity index (χ1n) is 5.76. The van der Waals surface area contributed by atoms with Gasteiger partial charge >= 0.3 is 6.09 Å². The van der Waals surface area contributed by atoms with E-state index in [1.165, 1.54) is 10.6 Å². The van der Waals surface area contributed by atoms with Crippen LogP contribution in [0, 0.1) is 0 Å². The van der Waals surface area contributed by atoms with Gasteiger partial charge in [-0.25, -0.2) is 15.2 Å². The van der Waals surface area contributed by atoms with Gasteiger partial charge in [-0.05, 0) is 31.9 Å². The summed E-state index contributed by atoms with van der Waals surface area (Å²) < 4.78 is 5.32. The summed E-state index contributed by atoms with van der Waals surface area (Å²) in [6, 6.07) is 8.09. The van der Waals surface area contributed by atoms with Gasteiger partial charge in [-0.2, -0.15) is 0 Å². The van der Waals surface area contributed by atoms with E-state index in [0.717, 1.165) is 5.56 Å². The molecule has 1 amide bonds. The van der Waals surface area contributed by atoms with Gasteiger partial charge in [-0.15, -0.1) is 0 Å². The summed E-state index contributed by atoms with van der Waals surface area (Å²) in [5.74, 6) is 0. The van der Waals surface area contributed by atoms with Gasteiger partial charge < -0.3 is 4.74 Å². The molecule has 17 heavy (non-hydrogen) atoms. The van der Waals surface area contributed by atoms with Crippen LogP contribution in [0.15, 0.2) is 24.3 Å². The zero-order valence-corrected chi connectivity index (χ0v) is 10.5. The van der Waals surface area contributed by atoms with Gasteiger partial charge in [0.2, 0.25) is 0 Å². The van der Waals surface area contributed by atoms with Crippen molar-refractivity contribution in [3.8, 4) is 0 Å². The van der Waals surface area contributed by atoms with Gasteiger partial charge in [-0.1, -0.05) is 24.3 Å². The van der Waals surface area contributed by atoms with E-state index >= 15 is 0 Å². The lowest BCUT2D eigenvalue weighted by Crippen LogP contribution is -2.47. The molecule has 1 aliphatic heterocycles. The van der Waals surface area contributed by atoms with Crippen LogP contribution in [0.2, 0.25) is 0 Å². The topological polar surface area (TPSA) is 41.6 Å². The predicted octanol–water partition coefficient (Wildman–Crippen LogP) is 2.44. The number of carbonyl (C=O) groups excluding carboxylic acids is 1. The molecule has 1 heterocycles. The first-order valence-corrected chi connectivity index (χ1v) is 5.76. The number of amides is 1. The predicted molar refractivity (Wildman–Crippen MR) is 65.1 cm³/mol. The summed E-state index contributed by atoms with van der Waals surface area (Å²) in [4.78, 5) is 11.9. The third-order valence-electron chi connectivity index (χ3n) is 2.52. The lowest BCUT2D eigenvalue weighted by molar-refractivity contribution is 0.00860. The molecule has 1 aliphatic rings. The standard InChI is InChI=1S/C13H18N2O2/c1-13(2,3)17-12(16)15-9-11-7-5-4-6-10(11)8-14-15/h4-7,14H,8-9H2,1-3H3. The molecule has 0 radical (unpaired) electrons. The van der Waals surface area contributed by atoms with E-state index in [9.17, 15) is 4.79 Å². The van der Waals surface area contributed by atoms with E-state index in [1.807, 2.05) is 39.0 Å². The monoisotopic (exact) mass is 234 g/mol. The first-order chi connectivity index (χ1) is 7.96. The Balaban J connectivity index is 2.05. The highest BCUT2D eigenvalue weighted by Crippen LogP contribution is 2.17. The lowest BCUT2D eigenvalue weighted by Gasteiger charge is -2.31. The number of nitrogens with one attached hydrogen (secondary N) is 1. The molecule has 0 saturated heterocycles. The van der Waals surface area contributed by atoms with Crippen molar-refractivity contribution in [2.24, 2.45) is 0 Å². The Kier molecular flexibility index (Phi) is 3.07. The van der Waals surface area contributed by atoms with Crippen molar-refractivity contribution in [3.05, 3.63) is 35.4 Å². The van der Waals surface area contributed by atoms with Crippen molar-refractivity contribution in [2.45, 2.75) is 39.5 Å². The van der Waals surface area contributed by atoms with Gasteiger partial charge in [0.25, 0.3) is 0 Å². The molecule has 1 aromatic rings. The van der Waals surface area contributed by atoms with Gasteiger partial charge in [0.05, 0.1) is 6.54 Å². The van der Waals surface area contributed by atoms with Crippen molar-refractivity contribution in [1.29, 1.82) is 0 Å². The second kappa shape index (κ2) is 4.37. The van der Waals surface area contributed by atoms with E-state index in [-0.39, 0.29) is 6.09 Å². The zero-order chi connectivity index (χ0) is 12.5. The number of ether oxygens (including phenoxy) is 1. The summed E-state index contributed by atoms with van der Waals surface area (Å²) in [5, 5.41) is 1.52. The largest absolute Gasteiger partial charge is 0.443 e. The number of rotatable bonds is 0. The van der Waals surface area contributed by atoms with Crippen LogP contribution in [0.3, 0.4) is 0 Å². The maximum absolute atomic E-state index is 11.9. The number of fused-ring (bicyclic) bond motifs is 1. The fourth-order valence-electron chi connectivity index (χ4n) is 1.74. The van der Waals surface area contributed by atoms with Gasteiger partial charge in [0.1, 0.15) is 5.60 Å². The minimum absolute atomic E-state index is 0.327. The highest BCUT2D eigenvalue weighted by atomic mass is 16.6. The van der Waals surface area contributed by atoms with Crippen molar-refractivity contribution in [3.63, 3.8) is 0 Å².